The fourth-order valence-corrected chi connectivity index (χ4v) is 3.50. The largest absolute Gasteiger partial charge is 0.492 e. The summed E-state index contributed by atoms with van der Waals surface area (Å²) in [5.41, 5.74) is 2.18. The predicted molar refractivity (Wildman–Crippen MR) is 103 cm³/mol. The van der Waals surface area contributed by atoms with Crippen LogP contribution in [-0.2, 0) is 4.74 Å². The van der Waals surface area contributed by atoms with E-state index >= 15 is 0 Å². The van der Waals surface area contributed by atoms with Gasteiger partial charge in [-0.25, -0.2) is 4.79 Å². The lowest BCUT2D eigenvalue weighted by Gasteiger charge is -2.14. The third-order valence-electron chi connectivity index (χ3n) is 3.44. The first-order valence-corrected chi connectivity index (χ1v) is 8.68. The fourth-order valence-electron chi connectivity index (χ4n) is 2.17. The van der Waals surface area contributed by atoms with Crippen LogP contribution in [0.2, 0.25) is 0 Å². The maximum Gasteiger partial charge on any atom is 0.341 e. The summed E-state index contributed by atoms with van der Waals surface area (Å²) in [6.07, 6.45) is 0. The molecule has 128 valence electrons. The van der Waals surface area contributed by atoms with Crippen molar-refractivity contribution in [2.45, 2.75) is 20.8 Å². The monoisotopic (exact) mass is 364 g/mol. The van der Waals surface area contributed by atoms with Crippen molar-refractivity contribution in [2.75, 3.05) is 24.4 Å². The van der Waals surface area contributed by atoms with E-state index in [1.54, 1.807) is 0 Å². The van der Waals surface area contributed by atoms with Gasteiger partial charge in [0.25, 0.3) is 0 Å². The number of thiophene rings is 1. The van der Waals surface area contributed by atoms with E-state index in [4.69, 9.17) is 21.7 Å². The molecule has 0 atom stereocenters. The van der Waals surface area contributed by atoms with Gasteiger partial charge >= 0.3 is 5.97 Å². The van der Waals surface area contributed by atoms with Crippen molar-refractivity contribution in [3.63, 3.8) is 0 Å². The van der Waals surface area contributed by atoms with Gasteiger partial charge in [0.05, 0.1) is 25.0 Å². The van der Waals surface area contributed by atoms with Gasteiger partial charge in [0.15, 0.2) is 5.11 Å². The molecule has 7 heteroatoms. The molecular weight excluding hydrogens is 344 g/mol. The van der Waals surface area contributed by atoms with E-state index in [0.717, 1.165) is 21.9 Å². The van der Waals surface area contributed by atoms with Gasteiger partial charge in [0, 0.05) is 4.88 Å². The topological polar surface area (TPSA) is 59.6 Å². The number of methoxy groups -OCH3 is 1. The van der Waals surface area contributed by atoms with Crippen molar-refractivity contribution in [2.24, 2.45) is 0 Å². The molecular formula is C17H20N2O3S2. The maximum absolute atomic E-state index is 12.0. The number of esters is 1. The van der Waals surface area contributed by atoms with Crippen molar-refractivity contribution in [3.05, 3.63) is 40.3 Å². The number of nitrogens with one attached hydrogen (secondary N) is 2. The average Bonchev–Trinajstić information content (AvgIpc) is 2.83. The summed E-state index contributed by atoms with van der Waals surface area (Å²) < 4.78 is 10.4. The highest BCUT2D eigenvalue weighted by Gasteiger charge is 2.21. The van der Waals surface area contributed by atoms with Crippen LogP contribution in [0.1, 0.15) is 27.7 Å². The maximum atomic E-state index is 12.0. The Bertz CT molecular complexity index is 756. The number of anilines is 2. The van der Waals surface area contributed by atoms with Gasteiger partial charge in [-0.3, -0.25) is 0 Å². The number of carbonyl (C=O) groups excluding carboxylic acids is 1. The second-order valence-corrected chi connectivity index (χ2v) is 6.62. The molecule has 1 aromatic heterocycles. The Morgan fingerprint density at radius 1 is 1.25 bits per heavy atom. The second-order valence-electron chi connectivity index (χ2n) is 4.99. The van der Waals surface area contributed by atoms with Gasteiger partial charge in [-0.2, -0.15) is 0 Å². The van der Waals surface area contributed by atoms with Gasteiger partial charge in [-0.1, -0.05) is 12.1 Å². The molecule has 0 fully saturated rings. The normalized spacial score (nSPS) is 10.2. The first kappa shape index (κ1) is 18.2. The average molecular weight is 364 g/mol. The van der Waals surface area contributed by atoms with E-state index in [0.29, 0.717) is 22.3 Å². The molecule has 2 aromatic rings. The van der Waals surface area contributed by atoms with E-state index in [2.05, 4.69) is 10.6 Å². The molecule has 2 N–H and O–H groups in total. The minimum Gasteiger partial charge on any atom is -0.492 e. The number of rotatable bonds is 5. The number of hydrogen-bond acceptors (Lipinski definition) is 5. The zero-order valence-corrected chi connectivity index (χ0v) is 15.7. The van der Waals surface area contributed by atoms with Crippen molar-refractivity contribution in [1.29, 1.82) is 0 Å². The van der Waals surface area contributed by atoms with Gasteiger partial charge in [-0.15, -0.1) is 11.3 Å². The van der Waals surface area contributed by atoms with Crippen LogP contribution in [0.4, 0.5) is 10.7 Å². The summed E-state index contributed by atoms with van der Waals surface area (Å²) in [6.45, 7) is 6.34. The van der Waals surface area contributed by atoms with Crippen LogP contribution in [0.3, 0.4) is 0 Å². The Hall–Kier alpha value is -2.12. The van der Waals surface area contributed by atoms with E-state index in [1.165, 1.54) is 18.4 Å². The lowest BCUT2D eigenvalue weighted by atomic mass is 10.1. The van der Waals surface area contributed by atoms with Crippen molar-refractivity contribution in [3.8, 4) is 5.75 Å². The molecule has 2 rings (SSSR count). The van der Waals surface area contributed by atoms with Crippen molar-refractivity contribution in [1.82, 2.24) is 0 Å². The molecule has 0 saturated carbocycles. The van der Waals surface area contributed by atoms with Crippen LogP contribution in [0.15, 0.2) is 24.3 Å². The molecule has 0 bridgehead atoms. The van der Waals surface area contributed by atoms with E-state index in [-0.39, 0.29) is 5.97 Å². The lowest BCUT2D eigenvalue weighted by molar-refractivity contribution is 0.0601. The van der Waals surface area contributed by atoms with Crippen LogP contribution in [0.5, 0.6) is 5.75 Å². The molecule has 0 aliphatic heterocycles. The first-order chi connectivity index (χ1) is 11.5. The van der Waals surface area contributed by atoms with E-state index in [9.17, 15) is 4.79 Å². The van der Waals surface area contributed by atoms with E-state index < -0.39 is 0 Å². The van der Waals surface area contributed by atoms with Crippen LogP contribution in [0.25, 0.3) is 0 Å². The van der Waals surface area contributed by atoms with Crippen molar-refractivity contribution < 1.29 is 14.3 Å². The molecule has 0 saturated heterocycles. The van der Waals surface area contributed by atoms with E-state index in [1.807, 2.05) is 45.0 Å². The number of ether oxygens (including phenoxy) is 2. The number of aryl methyl sites for hydroxylation is 1. The number of carbonyl (C=O) groups is 1. The summed E-state index contributed by atoms with van der Waals surface area (Å²) in [6, 6.07) is 7.54. The van der Waals surface area contributed by atoms with Gasteiger partial charge in [-0.05, 0) is 50.7 Å². The molecule has 0 unspecified atom stereocenters. The molecule has 24 heavy (non-hydrogen) atoms. The zero-order chi connectivity index (χ0) is 17.7. The van der Waals surface area contributed by atoms with Gasteiger partial charge < -0.3 is 20.1 Å². The highest BCUT2D eigenvalue weighted by Crippen LogP contribution is 2.33. The van der Waals surface area contributed by atoms with Gasteiger partial charge in [0.2, 0.25) is 0 Å². The SMILES string of the molecule is CCOc1ccccc1NC(=S)Nc1sc(C)c(C)c1C(=O)OC. The Morgan fingerprint density at radius 3 is 2.62 bits per heavy atom. The second kappa shape index (κ2) is 8.12. The third kappa shape index (κ3) is 4.04. The Kier molecular flexibility index (Phi) is 6.16. The van der Waals surface area contributed by atoms with Crippen LogP contribution >= 0.6 is 23.6 Å². The lowest BCUT2D eigenvalue weighted by Crippen LogP contribution is -2.20. The number of thiocarbonyl (C=S) groups is 1. The Morgan fingerprint density at radius 2 is 1.96 bits per heavy atom. The standard InChI is InChI=1S/C17H20N2O3S2/c1-5-22-13-9-7-6-8-12(13)18-17(23)19-15-14(16(20)21-4)10(2)11(3)24-15/h6-9H,5H2,1-4H3,(H2,18,19,23). The minimum atomic E-state index is -0.378. The summed E-state index contributed by atoms with van der Waals surface area (Å²) in [7, 11) is 1.37. The molecule has 0 spiro atoms. The fraction of sp³-hybridized carbons (Fsp3) is 0.294. The Balaban J connectivity index is 2.19. The van der Waals surface area contributed by atoms with Crippen molar-refractivity contribution >= 4 is 45.3 Å². The molecule has 0 radical (unpaired) electrons. The highest BCUT2D eigenvalue weighted by atomic mass is 32.1. The summed E-state index contributed by atoms with van der Waals surface area (Å²) >= 11 is 6.84. The van der Waals surface area contributed by atoms with Crippen LogP contribution in [0, 0.1) is 13.8 Å². The smallest absolute Gasteiger partial charge is 0.341 e. The molecule has 1 heterocycles. The summed E-state index contributed by atoms with van der Waals surface area (Å²) in [4.78, 5) is 13.0. The van der Waals surface area contributed by atoms with Crippen LogP contribution in [-0.4, -0.2) is 24.8 Å². The summed E-state index contributed by atoms with van der Waals surface area (Å²) in [5.74, 6) is 0.341. The Labute approximate surface area is 151 Å². The molecule has 0 aliphatic carbocycles. The van der Waals surface area contributed by atoms with Gasteiger partial charge in [0.1, 0.15) is 10.8 Å². The minimum absolute atomic E-state index is 0.378. The highest BCUT2D eigenvalue weighted by molar-refractivity contribution is 7.80. The predicted octanol–water partition coefficient (Wildman–Crippen LogP) is 4.36. The molecule has 0 amide bonds. The molecule has 1 aromatic carbocycles. The first-order valence-electron chi connectivity index (χ1n) is 7.46. The molecule has 5 nitrogen and oxygen atoms in total. The van der Waals surface area contributed by atoms with Crippen LogP contribution < -0.4 is 15.4 Å². The third-order valence-corrected chi connectivity index (χ3v) is 4.76. The molecule has 0 aliphatic rings. The number of benzene rings is 1. The summed E-state index contributed by atoms with van der Waals surface area (Å²) in [5, 5.41) is 7.25. The number of hydrogen-bond donors (Lipinski definition) is 2. The zero-order valence-electron chi connectivity index (χ0n) is 14.1. The number of para-hydroxylation sites is 2. The quantitative estimate of drug-likeness (QED) is 0.607.